The SMILES string of the molecule is Cc1cc(F)ccc1NC(=O)[C@H](C)NC(=O)c1cn[nH]c1-c1ccccc1. The van der Waals surface area contributed by atoms with Gasteiger partial charge < -0.3 is 10.6 Å². The summed E-state index contributed by atoms with van der Waals surface area (Å²) in [4.78, 5) is 24.9. The molecule has 0 saturated carbocycles. The summed E-state index contributed by atoms with van der Waals surface area (Å²) < 4.78 is 13.2. The number of nitrogens with zero attached hydrogens (tertiary/aromatic N) is 1. The molecule has 138 valence electrons. The van der Waals surface area contributed by atoms with Crippen LogP contribution in [0.25, 0.3) is 11.3 Å². The van der Waals surface area contributed by atoms with E-state index in [2.05, 4.69) is 20.8 Å². The fraction of sp³-hybridized carbons (Fsp3) is 0.150. The Morgan fingerprint density at radius 3 is 2.59 bits per heavy atom. The molecular formula is C20H19FN4O2. The van der Waals surface area contributed by atoms with Crippen molar-refractivity contribution in [2.24, 2.45) is 0 Å². The molecule has 6 nitrogen and oxygen atoms in total. The molecule has 0 aliphatic carbocycles. The molecule has 3 rings (SSSR count). The zero-order chi connectivity index (χ0) is 19.4. The standard InChI is InChI=1S/C20H19FN4O2/c1-12-10-15(21)8-9-17(12)24-19(26)13(2)23-20(27)16-11-22-25-18(16)14-6-4-3-5-7-14/h3-11,13H,1-2H3,(H,22,25)(H,23,27)(H,24,26)/t13-/m0/s1. The minimum atomic E-state index is -0.791. The van der Waals surface area contributed by atoms with Crippen LogP contribution >= 0.6 is 0 Å². The number of halogens is 1. The zero-order valence-electron chi connectivity index (χ0n) is 14.9. The van der Waals surface area contributed by atoms with Gasteiger partial charge in [-0.15, -0.1) is 0 Å². The Kier molecular flexibility index (Phi) is 5.30. The molecule has 7 heteroatoms. The Hall–Kier alpha value is -3.48. The number of carbonyl (C=O) groups excluding carboxylic acids is 2. The number of nitrogens with one attached hydrogen (secondary N) is 3. The third-order valence-electron chi connectivity index (χ3n) is 4.13. The number of amides is 2. The van der Waals surface area contributed by atoms with Crippen molar-refractivity contribution in [1.29, 1.82) is 0 Å². The highest BCUT2D eigenvalue weighted by Crippen LogP contribution is 2.21. The number of rotatable bonds is 5. The maximum absolute atomic E-state index is 13.2. The molecular weight excluding hydrogens is 347 g/mol. The van der Waals surface area contributed by atoms with Crippen LogP contribution in [-0.2, 0) is 4.79 Å². The fourth-order valence-corrected chi connectivity index (χ4v) is 2.63. The van der Waals surface area contributed by atoms with Gasteiger partial charge in [0.05, 0.1) is 17.5 Å². The first-order valence-corrected chi connectivity index (χ1v) is 8.42. The van der Waals surface area contributed by atoms with E-state index in [1.807, 2.05) is 30.3 Å². The third-order valence-corrected chi connectivity index (χ3v) is 4.13. The first-order chi connectivity index (χ1) is 13.0. The summed E-state index contributed by atoms with van der Waals surface area (Å²) in [5.74, 6) is -1.19. The number of carbonyl (C=O) groups is 2. The van der Waals surface area contributed by atoms with Crippen LogP contribution in [0.3, 0.4) is 0 Å². The van der Waals surface area contributed by atoms with E-state index in [0.29, 0.717) is 22.5 Å². The van der Waals surface area contributed by atoms with Gasteiger partial charge in [0.15, 0.2) is 0 Å². The van der Waals surface area contributed by atoms with E-state index in [9.17, 15) is 14.0 Å². The van der Waals surface area contributed by atoms with Gasteiger partial charge >= 0.3 is 0 Å². The lowest BCUT2D eigenvalue weighted by molar-refractivity contribution is -0.117. The van der Waals surface area contributed by atoms with E-state index in [-0.39, 0.29) is 5.82 Å². The quantitative estimate of drug-likeness (QED) is 0.648. The molecule has 3 N–H and O–H groups in total. The molecule has 2 amide bonds. The van der Waals surface area contributed by atoms with Crippen LogP contribution in [0.1, 0.15) is 22.8 Å². The first-order valence-electron chi connectivity index (χ1n) is 8.42. The second-order valence-corrected chi connectivity index (χ2v) is 6.17. The monoisotopic (exact) mass is 366 g/mol. The summed E-state index contributed by atoms with van der Waals surface area (Å²) in [7, 11) is 0. The van der Waals surface area contributed by atoms with Gasteiger partial charge in [-0.2, -0.15) is 5.10 Å². The molecule has 0 aliphatic rings. The van der Waals surface area contributed by atoms with E-state index in [4.69, 9.17) is 0 Å². The molecule has 3 aromatic rings. The van der Waals surface area contributed by atoms with Gasteiger partial charge in [0.2, 0.25) is 5.91 Å². The average molecular weight is 366 g/mol. The van der Waals surface area contributed by atoms with E-state index < -0.39 is 17.9 Å². The molecule has 0 saturated heterocycles. The lowest BCUT2D eigenvalue weighted by atomic mass is 10.1. The third kappa shape index (κ3) is 4.20. The Labute approximate surface area is 155 Å². The van der Waals surface area contributed by atoms with Gasteiger partial charge in [-0.25, -0.2) is 4.39 Å². The first kappa shape index (κ1) is 18.3. The van der Waals surface area contributed by atoms with Gasteiger partial charge in [0, 0.05) is 11.3 Å². The second kappa shape index (κ2) is 7.82. The highest BCUT2D eigenvalue weighted by Gasteiger charge is 2.21. The van der Waals surface area contributed by atoms with Crippen molar-refractivity contribution < 1.29 is 14.0 Å². The molecule has 0 unspecified atom stereocenters. The molecule has 1 atom stereocenters. The molecule has 0 radical (unpaired) electrons. The van der Waals surface area contributed by atoms with Gasteiger partial charge in [0.1, 0.15) is 11.9 Å². The number of hydrogen-bond acceptors (Lipinski definition) is 3. The average Bonchev–Trinajstić information content (AvgIpc) is 3.14. The summed E-state index contributed by atoms with van der Waals surface area (Å²) in [5, 5.41) is 12.1. The Morgan fingerprint density at radius 1 is 1.15 bits per heavy atom. The molecule has 0 spiro atoms. The number of anilines is 1. The molecule has 1 heterocycles. The number of aryl methyl sites for hydroxylation is 1. The van der Waals surface area contributed by atoms with Crippen molar-refractivity contribution in [2.75, 3.05) is 5.32 Å². The molecule has 1 aromatic heterocycles. The molecule has 2 aromatic carbocycles. The van der Waals surface area contributed by atoms with Crippen LogP contribution in [0.5, 0.6) is 0 Å². The van der Waals surface area contributed by atoms with Crippen LogP contribution in [0, 0.1) is 12.7 Å². The number of aromatic amines is 1. The van der Waals surface area contributed by atoms with Crippen molar-refractivity contribution in [2.45, 2.75) is 19.9 Å². The van der Waals surface area contributed by atoms with E-state index in [0.717, 1.165) is 5.56 Å². The van der Waals surface area contributed by atoms with Crippen LogP contribution < -0.4 is 10.6 Å². The molecule has 0 bridgehead atoms. The predicted molar refractivity (Wildman–Crippen MR) is 101 cm³/mol. The Bertz CT molecular complexity index is 969. The Morgan fingerprint density at radius 2 is 1.89 bits per heavy atom. The van der Waals surface area contributed by atoms with Gasteiger partial charge in [-0.3, -0.25) is 14.7 Å². The minimum Gasteiger partial charge on any atom is -0.340 e. The van der Waals surface area contributed by atoms with Crippen molar-refractivity contribution >= 4 is 17.5 Å². The van der Waals surface area contributed by atoms with Gasteiger partial charge in [-0.1, -0.05) is 30.3 Å². The minimum absolute atomic E-state index is 0.346. The Balaban J connectivity index is 1.69. The van der Waals surface area contributed by atoms with Gasteiger partial charge in [-0.05, 0) is 37.6 Å². The fourth-order valence-electron chi connectivity index (χ4n) is 2.63. The second-order valence-electron chi connectivity index (χ2n) is 6.17. The predicted octanol–water partition coefficient (Wildman–Crippen LogP) is 3.28. The largest absolute Gasteiger partial charge is 0.340 e. The van der Waals surface area contributed by atoms with E-state index in [1.165, 1.54) is 24.4 Å². The van der Waals surface area contributed by atoms with Crippen molar-refractivity contribution in [3.8, 4) is 11.3 Å². The number of H-pyrrole nitrogens is 1. The van der Waals surface area contributed by atoms with Crippen molar-refractivity contribution in [3.05, 3.63) is 71.7 Å². The maximum atomic E-state index is 13.2. The molecule has 27 heavy (non-hydrogen) atoms. The van der Waals surface area contributed by atoms with Crippen molar-refractivity contribution in [1.82, 2.24) is 15.5 Å². The zero-order valence-corrected chi connectivity index (χ0v) is 14.9. The highest BCUT2D eigenvalue weighted by molar-refractivity contribution is 6.03. The number of hydrogen-bond donors (Lipinski definition) is 3. The summed E-state index contributed by atoms with van der Waals surface area (Å²) in [6.07, 6.45) is 1.42. The van der Waals surface area contributed by atoms with Crippen LogP contribution in [0.15, 0.2) is 54.7 Å². The van der Waals surface area contributed by atoms with Crippen LogP contribution in [-0.4, -0.2) is 28.1 Å². The number of aromatic nitrogens is 2. The van der Waals surface area contributed by atoms with Crippen LogP contribution in [0.4, 0.5) is 10.1 Å². The maximum Gasteiger partial charge on any atom is 0.255 e. The van der Waals surface area contributed by atoms with Crippen LogP contribution in [0.2, 0.25) is 0 Å². The van der Waals surface area contributed by atoms with Gasteiger partial charge in [0.25, 0.3) is 5.91 Å². The van der Waals surface area contributed by atoms with E-state index >= 15 is 0 Å². The summed E-state index contributed by atoms with van der Waals surface area (Å²) in [6, 6.07) is 12.6. The summed E-state index contributed by atoms with van der Waals surface area (Å²) in [6.45, 7) is 3.27. The summed E-state index contributed by atoms with van der Waals surface area (Å²) >= 11 is 0. The smallest absolute Gasteiger partial charge is 0.255 e. The summed E-state index contributed by atoms with van der Waals surface area (Å²) in [5.41, 5.74) is 2.84. The normalized spacial score (nSPS) is 11.7. The highest BCUT2D eigenvalue weighted by atomic mass is 19.1. The van der Waals surface area contributed by atoms with E-state index in [1.54, 1.807) is 13.8 Å². The number of benzene rings is 2. The van der Waals surface area contributed by atoms with Crippen molar-refractivity contribution in [3.63, 3.8) is 0 Å². The molecule has 0 aliphatic heterocycles. The lowest BCUT2D eigenvalue weighted by Gasteiger charge is -2.15. The lowest BCUT2D eigenvalue weighted by Crippen LogP contribution is -2.41. The molecule has 0 fully saturated rings. The topological polar surface area (TPSA) is 86.9 Å².